The highest BCUT2D eigenvalue weighted by Crippen LogP contribution is 2.15. The summed E-state index contributed by atoms with van der Waals surface area (Å²) >= 11 is 0. The maximum atomic E-state index is 12.4. The highest BCUT2D eigenvalue weighted by Gasteiger charge is 2.20. The van der Waals surface area contributed by atoms with Crippen LogP contribution in [0.2, 0.25) is 0 Å². The number of carbonyl (C=O) groups is 1. The largest absolute Gasteiger partial charge is 0.497 e. The number of nitrogens with zero attached hydrogens (tertiary/aromatic N) is 2. The van der Waals surface area contributed by atoms with E-state index < -0.39 is 0 Å². The van der Waals surface area contributed by atoms with Crippen LogP contribution >= 0.6 is 0 Å². The van der Waals surface area contributed by atoms with Crippen molar-refractivity contribution in [3.8, 4) is 5.75 Å². The number of ether oxygens (including phenoxy) is 1. The molecule has 5 nitrogen and oxygen atoms in total. The highest BCUT2D eigenvalue weighted by atomic mass is 16.5. The molecule has 0 bridgehead atoms. The van der Waals surface area contributed by atoms with Crippen molar-refractivity contribution in [2.45, 2.75) is 13.0 Å². The zero-order valence-corrected chi connectivity index (χ0v) is 13.4. The van der Waals surface area contributed by atoms with Crippen LogP contribution in [0.5, 0.6) is 5.75 Å². The van der Waals surface area contributed by atoms with Crippen molar-refractivity contribution in [1.29, 1.82) is 0 Å². The van der Waals surface area contributed by atoms with Gasteiger partial charge in [0.2, 0.25) is 0 Å². The molecule has 0 spiro atoms. The molecule has 2 aromatic rings. The van der Waals surface area contributed by atoms with E-state index in [2.05, 4.69) is 17.0 Å². The Morgan fingerprint density at radius 1 is 1.13 bits per heavy atom. The molecule has 1 aliphatic heterocycles. The summed E-state index contributed by atoms with van der Waals surface area (Å²) in [5, 5.41) is 0. The molecule has 0 unspecified atom stereocenters. The Labute approximate surface area is 136 Å². The van der Waals surface area contributed by atoms with Gasteiger partial charge in [-0.05, 0) is 30.2 Å². The fraction of sp³-hybridized carbons (Fsp3) is 0.389. The molecule has 122 valence electrons. The molecule has 1 saturated heterocycles. The van der Waals surface area contributed by atoms with Crippen LogP contribution in [0.3, 0.4) is 0 Å². The van der Waals surface area contributed by atoms with E-state index in [1.165, 1.54) is 11.8 Å². The van der Waals surface area contributed by atoms with E-state index in [4.69, 9.17) is 9.15 Å². The summed E-state index contributed by atoms with van der Waals surface area (Å²) in [5.74, 6) is 0.937. The summed E-state index contributed by atoms with van der Waals surface area (Å²) in [6, 6.07) is 9.89. The molecule has 3 rings (SSSR count). The number of rotatable bonds is 4. The van der Waals surface area contributed by atoms with Crippen molar-refractivity contribution in [3.05, 3.63) is 54.0 Å². The van der Waals surface area contributed by atoms with Crippen molar-refractivity contribution in [2.75, 3.05) is 33.3 Å². The van der Waals surface area contributed by atoms with E-state index in [9.17, 15) is 4.79 Å². The Balaban J connectivity index is 1.56. The lowest BCUT2D eigenvalue weighted by Crippen LogP contribution is -2.34. The van der Waals surface area contributed by atoms with Crippen molar-refractivity contribution in [3.63, 3.8) is 0 Å². The summed E-state index contributed by atoms with van der Waals surface area (Å²) < 4.78 is 10.2. The molecule has 0 saturated carbocycles. The standard InChI is InChI=1S/C18H22N2O3/c1-22-17-5-3-15(4-6-17)13-19-8-2-9-20(11-10-19)18(21)16-7-12-23-14-16/h3-7,12,14H,2,8-11,13H2,1H3. The number of carbonyl (C=O) groups excluding carboxylic acids is 1. The van der Waals surface area contributed by atoms with E-state index in [1.54, 1.807) is 19.4 Å². The smallest absolute Gasteiger partial charge is 0.257 e. The lowest BCUT2D eigenvalue weighted by atomic mass is 10.2. The molecular weight excluding hydrogens is 292 g/mol. The zero-order chi connectivity index (χ0) is 16.1. The quantitative estimate of drug-likeness (QED) is 0.870. The first-order valence-corrected chi connectivity index (χ1v) is 7.93. The molecule has 23 heavy (non-hydrogen) atoms. The van der Waals surface area contributed by atoms with Crippen LogP contribution in [-0.2, 0) is 6.54 Å². The Bertz CT molecular complexity index is 622. The predicted octanol–water partition coefficient (Wildman–Crippen LogP) is 2.64. The first kappa shape index (κ1) is 15.6. The SMILES string of the molecule is COc1ccc(CN2CCCN(C(=O)c3ccoc3)CC2)cc1. The first-order chi connectivity index (χ1) is 11.3. The van der Waals surface area contributed by atoms with Crippen LogP contribution in [-0.4, -0.2) is 49.0 Å². The van der Waals surface area contributed by atoms with E-state index in [1.807, 2.05) is 17.0 Å². The summed E-state index contributed by atoms with van der Waals surface area (Å²) in [7, 11) is 1.68. The van der Waals surface area contributed by atoms with Gasteiger partial charge >= 0.3 is 0 Å². The monoisotopic (exact) mass is 314 g/mol. The zero-order valence-electron chi connectivity index (χ0n) is 13.4. The fourth-order valence-corrected chi connectivity index (χ4v) is 2.89. The Morgan fingerprint density at radius 3 is 2.65 bits per heavy atom. The molecule has 1 fully saturated rings. The van der Waals surface area contributed by atoms with Gasteiger partial charge in [-0.1, -0.05) is 12.1 Å². The molecule has 1 amide bonds. The number of hydrogen-bond donors (Lipinski definition) is 0. The van der Waals surface area contributed by atoms with Crippen molar-refractivity contribution >= 4 is 5.91 Å². The Kier molecular flexibility index (Phi) is 4.98. The molecule has 1 aliphatic rings. The van der Waals surface area contributed by atoms with E-state index in [0.717, 1.165) is 44.9 Å². The number of hydrogen-bond acceptors (Lipinski definition) is 4. The van der Waals surface area contributed by atoms with Crippen LogP contribution in [0.4, 0.5) is 0 Å². The first-order valence-electron chi connectivity index (χ1n) is 7.93. The van der Waals surface area contributed by atoms with Gasteiger partial charge in [0, 0.05) is 32.7 Å². The van der Waals surface area contributed by atoms with Crippen molar-refractivity contribution < 1.29 is 13.9 Å². The van der Waals surface area contributed by atoms with Crippen LogP contribution < -0.4 is 4.74 Å². The molecule has 1 aromatic heterocycles. The average molecular weight is 314 g/mol. The fourth-order valence-electron chi connectivity index (χ4n) is 2.89. The summed E-state index contributed by atoms with van der Waals surface area (Å²) in [4.78, 5) is 16.7. The van der Waals surface area contributed by atoms with Gasteiger partial charge in [-0.25, -0.2) is 0 Å². The van der Waals surface area contributed by atoms with Crippen molar-refractivity contribution in [1.82, 2.24) is 9.80 Å². The molecule has 0 aliphatic carbocycles. The second kappa shape index (κ2) is 7.33. The third-order valence-corrected chi connectivity index (χ3v) is 4.21. The summed E-state index contributed by atoms with van der Waals surface area (Å²) in [6.07, 6.45) is 4.04. The van der Waals surface area contributed by atoms with Gasteiger partial charge in [0.15, 0.2) is 0 Å². The van der Waals surface area contributed by atoms with E-state index >= 15 is 0 Å². The second-order valence-electron chi connectivity index (χ2n) is 5.78. The maximum absolute atomic E-state index is 12.4. The Morgan fingerprint density at radius 2 is 1.96 bits per heavy atom. The topological polar surface area (TPSA) is 45.9 Å². The number of furan rings is 1. The molecule has 0 N–H and O–H groups in total. The van der Waals surface area contributed by atoms with Crippen LogP contribution in [0.1, 0.15) is 22.3 Å². The van der Waals surface area contributed by atoms with Gasteiger partial charge in [-0.15, -0.1) is 0 Å². The third kappa shape index (κ3) is 3.93. The summed E-state index contributed by atoms with van der Waals surface area (Å²) in [6.45, 7) is 4.33. The van der Waals surface area contributed by atoms with Gasteiger partial charge in [0.05, 0.1) is 18.9 Å². The number of methoxy groups -OCH3 is 1. The van der Waals surface area contributed by atoms with Crippen molar-refractivity contribution in [2.24, 2.45) is 0 Å². The minimum Gasteiger partial charge on any atom is -0.497 e. The molecule has 5 heteroatoms. The van der Waals surface area contributed by atoms with Crippen LogP contribution in [0, 0.1) is 0 Å². The molecular formula is C18H22N2O3. The van der Waals surface area contributed by atoms with Crippen LogP contribution in [0.25, 0.3) is 0 Å². The third-order valence-electron chi connectivity index (χ3n) is 4.21. The molecule has 1 aromatic carbocycles. The van der Waals surface area contributed by atoms with Gasteiger partial charge in [-0.2, -0.15) is 0 Å². The van der Waals surface area contributed by atoms with Crippen LogP contribution in [0.15, 0.2) is 47.3 Å². The number of benzene rings is 1. The van der Waals surface area contributed by atoms with E-state index in [0.29, 0.717) is 5.56 Å². The van der Waals surface area contributed by atoms with Gasteiger partial charge < -0.3 is 14.1 Å². The average Bonchev–Trinajstić information content (AvgIpc) is 3.02. The molecule has 2 heterocycles. The molecule has 0 radical (unpaired) electrons. The number of amides is 1. The minimum atomic E-state index is 0.0602. The highest BCUT2D eigenvalue weighted by molar-refractivity contribution is 5.93. The second-order valence-corrected chi connectivity index (χ2v) is 5.78. The normalized spacial score (nSPS) is 16.1. The lowest BCUT2D eigenvalue weighted by Gasteiger charge is -2.21. The Hall–Kier alpha value is -2.27. The minimum absolute atomic E-state index is 0.0602. The van der Waals surface area contributed by atoms with Gasteiger partial charge in [0.25, 0.3) is 5.91 Å². The van der Waals surface area contributed by atoms with E-state index in [-0.39, 0.29) is 5.91 Å². The summed E-state index contributed by atoms with van der Waals surface area (Å²) in [5.41, 5.74) is 1.90. The molecule has 0 atom stereocenters. The predicted molar refractivity (Wildman–Crippen MR) is 87.5 cm³/mol. The maximum Gasteiger partial charge on any atom is 0.257 e. The van der Waals surface area contributed by atoms with Gasteiger partial charge in [0.1, 0.15) is 12.0 Å². The van der Waals surface area contributed by atoms with Gasteiger partial charge in [-0.3, -0.25) is 9.69 Å². The lowest BCUT2D eigenvalue weighted by molar-refractivity contribution is 0.0760.